The maximum absolute atomic E-state index is 12.8. The predicted octanol–water partition coefficient (Wildman–Crippen LogP) is 11.1. The van der Waals surface area contributed by atoms with Crippen molar-refractivity contribution >= 4 is 20.7 Å². The van der Waals surface area contributed by atoms with Crippen LogP contribution in [0.4, 0.5) is 0 Å². The van der Waals surface area contributed by atoms with Crippen LogP contribution in [0.15, 0.2) is 0 Å². The lowest BCUT2D eigenvalue weighted by Gasteiger charge is -2.34. The van der Waals surface area contributed by atoms with Crippen molar-refractivity contribution in [3.8, 4) is 0 Å². The summed E-state index contributed by atoms with van der Waals surface area (Å²) in [4.78, 5) is 25.4. The predicted molar refractivity (Wildman–Crippen MR) is 186 cm³/mol. The lowest BCUT2D eigenvalue weighted by atomic mass is 10.1. The average molecular weight is 627 g/mol. The summed E-state index contributed by atoms with van der Waals surface area (Å²) in [6.07, 6.45) is 27.8. The van der Waals surface area contributed by atoms with Crippen molar-refractivity contribution in [3.05, 3.63) is 0 Å². The number of hydrogen-bond donors (Lipinski definition) is 0. The van der Waals surface area contributed by atoms with Gasteiger partial charge in [0.05, 0.1) is 20.1 Å². The molecule has 0 fully saturated rings. The zero-order valence-electron chi connectivity index (χ0n) is 30.0. The van der Waals surface area contributed by atoms with Crippen LogP contribution < -0.4 is 0 Å². The highest BCUT2D eigenvalue weighted by Crippen LogP contribution is 2.20. The minimum atomic E-state index is -1.37. The maximum atomic E-state index is 12.8. The fraction of sp³-hybridized carbons (Fsp3) is 0.946. The van der Waals surface area contributed by atoms with E-state index in [0.717, 1.165) is 25.7 Å². The first-order valence-electron chi connectivity index (χ1n) is 18.6. The molecule has 0 N–H and O–H groups in total. The molecule has 2 unspecified atom stereocenters. The molecule has 0 aromatic heterocycles. The van der Waals surface area contributed by atoms with Crippen LogP contribution >= 0.6 is 0 Å². The second kappa shape index (κ2) is 28.6. The standard InChI is InChI=1S/C37H74O5Si/c1-8-10-12-14-16-18-20-22-24-26-28-30-34(38)40-32-33(36(43(6)7)42-37(3,4)5)41-35(39)31-29-27-25-23-21-19-17-15-13-11-9-2/h33,36,43H,8-32H2,1-7H3. The van der Waals surface area contributed by atoms with Gasteiger partial charge < -0.3 is 14.2 Å². The van der Waals surface area contributed by atoms with Gasteiger partial charge in [-0.2, -0.15) is 0 Å². The normalized spacial score (nSPS) is 13.3. The van der Waals surface area contributed by atoms with Gasteiger partial charge >= 0.3 is 11.9 Å². The van der Waals surface area contributed by atoms with E-state index in [0.29, 0.717) is 12.8 Å². The molecule has 43 heavy (non-hydrogen) atoms. The van der Waals surface area contributed by atoms with Crippen molar-refractivity contribution < 1.29 is 23.8 Å². The summed E-state index contributed by atoms with van der Waals surface area (Å²) in [7, 11) is -1.37. The Balaban J connectivity index is 4.42. The van der Waals surface area contributed by atoms with E-state index in [1.165, 1.54) is 116 Å². The lowest BCUT2D eigenvalue weighted by molar-refractivity contribution is -0.170. The molecule has 0 saturated carbocycles. The van der Waals surface area contributed by atoms with Crippen LogP contribution in [0.25, 0.3) is 0 Å². The fourth-order valence-corrected chi connectivity index (χ4v) is 7.32. The molecular weight excluding hydrogens is 552 g/mol. The van der Waals surface area contributed by atoms with Crippen LogP contribution in [0.5, 0.6) is 0 Å². The molecule has 0 aliphatic rings. The van der Waals surface area contributed by atoms with E-state index in [4.69, 9.17) is 14.2 Å². The van der Waals surface area contributed by atoms with E-state index in [-0.39, 0.29) is 29.9 Å². The topological polar surface area (TPSA) is 61.8 Å². The third-order valence-electron chi connectivity index (χ3n) is 8.17. The molecule has 0 aliphatic heterocycles. The smallest absolute Gasteiger partial charge is 0.306 e. The number of esters is 2. The van der Waals surface area contributed by atoms with E-state index < -0.39 is 14.9 Å². The molecule has 5 nitrogen and oxygen atoms in total. The van der Waals surface area contributed by atoms with Gasteiger partial charge in [0.2, 0.25) is 0 Å². The Hall–Kier alpha value is -0.883. The van der Waals surface area contributed by atoms with Gasteiger partial charge in [0.1, 0.15) is 6.61 Å². The minimum absolute atomic E-state index is 0.0901. The summed E-state index contributed by atoms with van der Waals surface area (Å²) in [6.45, 7) is 15.1. The number of ether oxygens (including phenoxy) is 3. The third kappa shape index (κ3) is 28.3. The number of rotatable bonds is 30. The molecule has 6 heteroatoms. The summed E-state index contributed by atoms with van der Waals surface area (Å²) >= 11 is 0. The van der Waals surface area contributed by atoms with Gasteiger partial charge in [-0.3, -0.25) is 9.59 Å². The number of hydrogen-bond acceptors (Lipinski definition) is 5. The van der Waals surface area contributed by atoms with Gasteiger partial charge in [0, 0.05) is 12.8 Å². The molecule has 0 radical (unpaired) electrons. The van der Waals surface area contributed by atoms with Crippen molar-refractivity contribution in [3.63, 3.8) is 0 Å². The maximum Gasteiger partial charge on any atom is 0.306 e. The van der Waals surface area contributed by atoms with Gasteiger partial charge in [-0.05, 0) is 33.6 Å². The molecule has 0 amide bonds. The molecule has 0 saturated heterocycles. The Kier molecular flexibility index (Phi) is 28.0. The molecule has 0 spiro atoms. The second-order valence-electron chi connectivity index (χ2n) is 14.2. The summed E-state index contributed by atoms with van der Waals surface area (Å²) in [5.74, 6) is -0.387. The molecule has 0 bridgehead atoms. The van der Waals surface area contributed by atoms with Gasteiger partial charge in [0.15, 0.2) is 6.10 Å². The Bertz CT molecular complexity index is 645. The number of carbonyl (C=O) groups is 2. The van der Waals surface area contributed by atoms with E-state index >= 15 is 0 Å². The van der Waals surface area contributed by atoms with Gasteiger partial charge in [-0.25, -0.2) is 0 Å². The Labute approximate surface area is 270 Å². The first kappa shape index (κ1) is 42.1. The zero-order chi connectivity index (χ0) is 32.2. The Morgan fingerprint density at radius 1 is 0.558 bits per heavy atom. The molecular formula is C37H74O5Si. The highest BCUT2D eigenvalue weighted by Gasteiger charge is 2.34. The first-order valence-corrected chi connectivity index (χ1v) is 21.6. The van der Waals surface area contributed by atoms with Crippen molar-refractivity contribution in [1.29, 1.82) is 0 Å². The molecule has 0 rings (SSSR count). The van der Waals surface area contributed by atoms with Gasteiger partial charge in [-0.15, -0.1) is 0 Å². The van der Waals surface area contributed by atoms with E-state index in [1.807, 2.05) is 20.8 Å². The molecule has 0 aromatic carbocycles. The van der Waals surface area contributed by atoms with Gasteiger partial charge in [0.25, 0.3) is 0 Å². The van der Waals surface area contributed by atoms with E-state index in [2.05, 4.69) is 26.9 Å². The first-order chi connectivity index (χ1) is 20.6. The van der Waals surface area contributed by atoms with Crippen LogP contribution in [0, 0.1) is 0 Å². The Morgan fingerprint density at radius 3 is 1.26 bits per heavy atom. The van der Waals surface area contributed by atoms with Crippen LogP contribution in [-0.4, -0.2) is 44.8 Å². The average Bonchev–Trinajstić information content (AvgIpc) is 2.95. The van der Waals surface area contributed by atoms with Gasteiger partial charge in [-0.1, -0.05) is 155 Å². The van der Waals surface area contributed by atoms with Crippen molar-refractivity contribution in [2.45, 2.75) is 219 Å². The molecule has 0 aromatic rings. The minimum Gasteiger partial charge on any atom is -0.462 e. The second-order valence-corrected chi connectivity index (χ2v) is 17.4. The molecule has 256 valence electrons. The Morgan fingerprint density at radius 2 is 0.907 bits per heavy atom. The van der Waals surface area contributed by atoms with Crippen LogP contribution in [0.3, 0.4) is 0 Å². The fourth-order valence-electron chi connectivity index (χ4n) is 5.59. The van der Waals surface area contributed by atoms with Crippen LogP contribution in [-0.2, 0) is 23.8 Å². The molecule has 0 aliphatic carbocycles. The third-order valence-corrected chi connectivity index (χ3v) is 10.1. The van der Waals surface area contributed by atoms with Crippen molar-refractivity contribution in [2.75, 3.05) is 6.61 Å². The van der Waals surface area contributed by atoms with Crippen LogP contribution in [0.2, 0.25) is 13.1 Å². The van der Waals surface area contributed by atoms with E-state index in [9.17, 15) is 9.59 Å². The van der Waals surface area contributed by atoms with Crippen LogP contribution in [0.1, 0.15) is 189 Å². The summed E-state index contributed by atoms with van der Waals surface area (Å²) in [5.41, 5.74) is -0.557. The SMILES string of the molecule is CCCCCCCCCCCCCC(=O)OCC(OC(=O)CCCCCCCCCCCCC)C(OC(C)(C)C)[SiH](C)C. The lowest BCUT2D eigenvalue weighted by Crippen LogP contribution is -2.48. The quantitative estimate of drug-likeness (QED) is 0.0451. The summed E-state index contributed by atoms with van der Waals surface area (Å²) in [6, 6.07) is 0. The summed E-state index contributed by atoms with van der Waals surface area (Å²) < 4.78 is 18.0. The molecule has 0 heterocycles. The highest BCUT2D eigenvalue weighted by atomic mass is 28.3. The zero-order valence-corrected chi connectivity index (χ0v) is 31.1. The van der Waals surface area contributed by atoms with Crippen molar-refractivity contribution in [2.24, 2.45) is 0 Å². The molecule has 2 atom stereocenters. The number of carbonyl (C=O) groups excluding carboxylic acids is 2. The summed E-state index contributed by atoms with van der Waals surface area (Å²) in [5, 5.41) is 0. The number of unbranched alkanes of at least 4 members (excludes halogenated alkanes) is 20. The van der Waals surface area contributed by atoms with E-state index in [1.54, 1.807) is 0 Å². The van der Waals surface area contributed by atoms with Crippen molar-refractivity contribution in [1.82, 2.24) is 0 Å². The monoisotopic (exact) mass is 627 g/mol. The largest absolute Gasteiger partial charge is 0.462 e. The highest BCUT2D eigenvalue weighted by molar-refractivity contribution is 6.57.